The second kappa shape index (κ2) is 22.8. The summed E-state index contributed by atoms with van der Waals surface area (Å²) in [7, 11) is 3.26. The number of amides is 6. The highest BCUT2D eigenvalue weighted by Crippen LogP contribution is 2.29. The normalized spacial score (nSPS) is 15.7. The Bertz CT molecular complexity index is 1830. The van der Waals surface area contributed by atoms with Gasteiger partial charge in [-0.05, 0) is 43.7 Å². The third-order valence-corrected chi connectivity index (χ3v) is 10.9. The van der Waals surface area contributed by atoms with Gasteiger partial charge < -0.3 is 36.4 Å². The number of aliphatic carboxylic acids is 2. The second-order valence-corrected chi connectivity index (χ2v) is 17.4. The molecule has 6 amide bonds. The molecular weight excluding hydrogens is 789 g/mol. The molecule has 6 N–H and O–H groups in total. The Labute approximate surface area is 358 Å². The van der Waals surface area contributed by atoms with Crippen molar-refractivity contribution >= 4 is 53.2 Å². The van der Waals surface area contributed by atoms with Crippen LogP contribution in [0.1, 0.15) is 93.1 Å². The fraction of sp³-hybridized carbons (Fsp3) is 0.568. The van der Waals surface area contributed by atoms with Crippen molar-refractivity contribution in [2.75, 3.05) is 27.2 Å². The Balaban J connectivity index is 2.08. The van der Waals surface area contributed by atoms with Gasteiger partial charge in [-0.2, -0.15) is 0 Å². The smallest absolute Gasteiger partial charge is 0.326 e. The van der Waals surface area contributed by atoms with Gasteiger partial charge in [-0.25, -0.2) is 4.79 Å². The van der Waals surface area contributed by atoms with Gasteiger partial charge in [0.25, 0.3) is 11.8 Å². The van der Waals surface area contributed by atoms with Gasteiger partial charge in [-0.15, -0.1) is 0 Å². The predicted octanol–water partition coefficient (Wildman–Crippen LogP) is 2.34. The number of rotatable bonds is 24. The van der Waals surface area contributed by atoms with Crippen molar-refractivity contribution in [3.8, 4) is 0 Å². The minimum absolute atomic E-state index is 0.0396. The van der Waals surface area contributed by atoms with Crippen LogP contribution in [0.5, 0.6) is 0 Å². The fourth-order valence-electron chi connectivity index (χ4n) is 7.04. The Hall–Kier alpha value is -5.71. The quantitative estimate of drug-likeness (QED) is 0.0648. The van der Waals surface area contributed by atoms with Crippen LogP contribution in [0.2, 0.25) is 0 Å². The molecule has 0 radical (unpaired) electrons. The summed E-state index contributed by atoms with van der Waals surface area (Å²) in [5.74, 6) is -7.85. The summed E-state index contributed by atoms with van der Waals surface area (Å²) in [6.45, 7) is 14.5. The van der Waals surface area contributed by atoms with E-state index in [2.05, 4.69) is 21.3 Å². The van der Waals surface area contributed by atoms with E-state index in [0.29, 0.717) is 0 Å². The van der Waals surface area contributed by atoms with E-state index in [-0.39, 0.29) is 56.2 Å². The Morgan fingerprint density at radius 1 is 0.836 bits per heavy atom. The number of carboxylic acids is 2. The van der Waals surface area contributed by atoms with Crippen molar-refractivity contribution in [2.24, 2.45) is 17.3 Å². The summed E-state index contributed by atoms with van der Waals surface area (Å²) in [4.78, 5) is 116. The molecule has 5 atom stereocenters. The van der Waals surface area contributed by atoms with Crippen LogP contribution in [-0.4, -0.2) is 125 Å². The first-order valence-electron chi connectivity index (χ1n) is 20.4. The van der Waals surface area contributed by atoms with E-state index < -0.39 is 94.6 Å². The maximum Gasteiger partial charge on any atom is 0.326 e. The number of hydrogen-bond donors (Lipinski definition) is 6. The highest BCUT2D eigenvalue weighted by molar-refractivity contribution is 6.12. The summed E-state index contributed by atoms with van der Waals surface area (Å²) in [6, 6.07) is 5.74. The molecule has 2 rings (SSSR count). The van der Waals surface area contributed by atoms with Crippen LogP contribution < -0.4 is 21.3 Å². The highest BCUT2D eigenvalue weighted by atomic mass is 16.4. The van der Waals surface area contributed by atoms with E-state index in [0.717, 1.165) is 22.6 Å². The number of Topliss-reactive ketones (excluding diaryl/α,β-unsaturated/α-hetero) is 1. The molecule has 1 aliphatic heterocycles. The first-order chi connectivity index (χ1) is 28.3. The van der Waals surface area contributed by atoms with Gasteiger partial charge in [0.2, 0.25) is 23.6 Å². The lowest BCUT2D eigenvalue weighted by Crippen LogP contribution is -2.61. The summed E-state index contributed by atoms with van der Waals surface area (Å²) in [5, 5.41) is 30.6. The van der Waals surface area contributed by atoms with E-state index in [4.69, 9.17) is 0 Å². The number of carbonyl (C=O) groups excluding carboxylic acids is 7. The molecule has 1 aromatic carbocycles. The third-order valence-electron chi connectivity index (χ3n) is 10.9. The lowest BCUT2D eigenvalue weighted by molar-refractivity contribution is -0.145. The molecule has 0 fully saturated rings. The number of benzene rings is 1. The topological polar surface area (TPSA) is 249 Å². The molecule has 1 aliphatic rings. The van der Waals surface area contributed by atoms with Crippen LogP contribution >= 0.6 is 0 Å². The number of carbonyl (C=O) groups is 9. The van der Waals surface area contributed by atoms with Gasteiger partial charge in [0.1, 0.15) is 17.9 Å². The summed E-state index contributed by atoms with van der Waals surface area (Å²) in [5.41, 5.74) is -0.333. The molecule has 0 unspecified atom stereocenters. The lowest BCUT2D eigenvalue weighted by atomic mass is 9.76. The minimum Gasteiger partial charge on any atom is -0.481 e. The molecule has 1 aromatic rings. The Kier molecular flexibility index (Phi) is 19.2. The van der Waals surface area contributed by atoms with Crippen LogP contribution in [0.15, 0.2) is 54.1 Å². The number of likely N-dealkylation sites (N-methyl/N-ethyl adjacent to an activating group) is 2. The van der Waals surface area contributed by atoms with Crippen LogP contribution in [0.25, 0.3) is 0 Å². The van der Waals surface area contributed by atoms with Gasteiger partial charge in [-0.3, -0.25) is 43.3 Å². The molecule has 1 heterocycles. The van der Waals surface area contributed by atoms with Crippen molar-refractivity contribution in [1.29, 1.82) is 0 Å². The van der Waals surface area contributed by atoms with E-state index in [1.807, 2.05) is 78.8 Å². The number of hydrogen-bond acceptors (Lipinski definition) is 10. The van der Waals surface area contributed by atoms with Gasteiger partial charge in [-0.1, -0.05) is 84.9 Å². The number of nitrogens with zero attached hydrogens (tertiary/aromatic N) is 2. The summed E-state index contributed by atoms with van der Waals surface area (Å²) >= 11 is 0. The number of imide groups is 1. The van der Waals surface area contributed by atoms with E-state index in [1.54, 1.807) is 20.2 Å². The van der Waals surface area contributed by atoms with Gasteiger partial charge in [0.05, 0.1) is 18.0 Å². The molecule has 0 saturated heterocycles. The molecule has 0 spiro atoms. The highest BCUT2D eigenvalue weighted by Gasteiger charge is 2.42. The summed E-state index contributed by atoms with van der Waals surface area (Å²) < 4.78 is 0. The van der Waals surface area contributed by atoms with E-state index >= 15 is 0 Å². The standard InChI is InChI=1S/C44H64N6O11/c1-26(2)32(49(10)40(57)37(43(4,5)6)48-39(56)36(45-9)44(7,8)29-14-12-11-13-15-29)24-27(3)38(55)47-31(42(60)61)18-17-30(51)25-28(41(58)59)16-19-33(52)46-22-23-50-34(53)20-21-35(50)54/h11-15,20-21,24,26,28,31-32,36-37,45H,16-19,22-23,25H2,1-10H3,(H,46,52)(H,47,55)(H,48,56)(H,58,59)(H,60,61)/b27-24+/t28-,31+,32+,36+,37+/m0/s1. The zero-order chi connectivity index (χ0) is 46.4. The fourth-order valence-corrected chi connectivity index (χ4v) is 7.04. The Morgan fingerprint density at radius 2 is 1.43 bits per heavy atom. The van der Waals surface area contributed by atoms with Crippen molar-refractivity contribution in [1.82, 2.24) is 31.1 Å². The maximum absolute atomic E-state index is 14.2. The van der Waals surface area contributed by atoms with Crippen LogP contribution in [0.4, 0.5) is 0 Å². The Morgan fingerprint density at radius 3 is 1.93 bits per heavy atom. The van der Waals surface area contributed by atoms with Crippen molar-refractivity contribution in [2.45, 2.75) is 117 Å². The SMILES string of the molecule is CN[C@H](C(=O)N[C@H](C(=O)N(C)[C@H](/C=C(\C)C(=O)N[C@H](CCC(=O)C[C@H](CCC(=O)NCCN1C(=O)C=CC1=O)C(=O)O)C(=O)O)C(C)C)C(C)(C)C)C(C)(C)c1ccccc1. The van der Waals surface area contributed by atoms with Crippen molar-refractivity contribution in [3.63, 3.8) is 0 Å². The first kappa shape index (κ1) is 51.4. The third kappa shape index (κ3) is 15.1. The van der Waals surface area contributed by atoms with Gasteiger partial charge in [0, 0.05) is 62.5 Å². The maximum atomic E-state index is 14.2. The molecule has 17 heteroatoms. The van der Waals surface area contributed by atoms with Crippen molar-refractivity contribution < 1.29 is 53.4 Å². The zero-order valence-electron chi connectivity index (χ0n) is 37.0. The zero-order valence-corrected chi connectivity index (χ0v) is 37.0. The first-order valence-corrected chi connectivity index (χ1v) is 20.4. The van der Waals surface area contributed by atoms with Gasteiger partial charge in [0.15, 0.2) is 0 Å². The molecule has 0 aromatic heterocycles. The van der Waals surface area contributed by atoms with Gasteiger partial charge >= 0.3 is 11.9 Å². The molecule has 0 bridgehead atoms. The molecule has 336 valence electrons. The van der Waals surface area contributed by atoms with Crippen molar-refractivity contribution in [3.05, 3.63) is 59.7 Å². The molecule has 17 nitrogen and oxygen atoms in total. The average Bonchev–Trinajstić information content (AvgIpc) is 3.50. The van der Waals surface area contributed by atoms with E-state index in [1.165, 1.54) is 11.8 Å². The van der Waals surface area contributed by atoms with Crippen LogP contribution in [0.3, 0.4) is 0 Å². The molecule has 0 aliphatic carbocycles. The summed E-state index contributed by atoms with van der Waals surface area (Å²) in [6.07, 6.45) is 2.14. The van der Waals surface area contributed by atoms with E-state index in [9.17, 15) is 53.4 Å². The number of nitrogens with one attached hydrogen (secondary N) is 4. The molecular formula is C44H64N6O11. The predicted molar refractivity (Wildman–Crippen MR) is 227 cm³/mol. The molecule has 61 heavy (non-hydrogen) atoms. The minimum atomic E-state index is -1.50. The monoisotopic (exact) mass is 852 g/mol. The largest absolute Gasteiger partial charge is 0.481 e. The average molecular weight is 853 g/mol. The van der Waals surface area contributed by atoms with Crippen LogP contribution in [0, 0.1) is 17.3 Å². The number of carboxylic acid groups (broad SMARTS) is 2. The van der Waals surface area contributed by atoms with Crippen LogP contribution in [-0.2, 0) is 48.6 Å². The number of ketones is 1. The second-order valence-electron chi connectivity index (χ2n) is 17.4. The lowest BCUT2D eigenvalue weighted by Gasteiger charge is -2.40. The molecule has 0 saturated carbocycles.